The van der Waals surface area contributed by atoms with E-state index in [1.807, 2.05) is 6.07 Å². The number of hydrogen-bond acceptors (Lipinski definition) is 4. The zero-order valence-electron chi connectivity index (χ0n) is 14.8. The van der Waals surface area contributed by atoms with Crippen molar-refractivity contribution in [2.45, 2.75) is 26.3 Å². The number of nitrogens with zero attached hydrogens (tertiary/aromatic N) is 1. The van der Waals surface area contributed by atoms with Crippen LogP contribution >= 0.6 is 36.4 Å². The van der Waals surface area contributed by atoms with E-state index in [4.69, 9.17) is 21.1 Å². The van der Waals surface area contributed by atoms with Gasteiger partial charge in [-0.05, 0) is 24.0 Å². The number of ether oxygens (including phenoxy) is 2. The molecule has 140 valence electrons. The van der Waals surface area contributed by atoms with Crippen molar-refractivity contribution < 1.29 is 9.47 Å². The number of benzene rings is 1. The molecule has 0 unspecified atom stereocenters. The minimum absolute atomic E-state index is 0. The first-order chi connectivity index (χ1) is 10.6. The quantitative estimate of drug-likeness (QED) is 0.777. The fraction of sp³-hybridized carbons (Fsp3) is 0.647. The van der Waals surface area contributed by atoms with Gasteiger partial charge in [0.2, 0.25) is 0 Å². The van der Waals surface area contributed by atoms with E-state index >= 15 is 0 Å². The highest BCUT2D eigenvalue weighted by Crippen LogP contribution is 2.42. The zero-order valence-corrected chi connectivity index (χ0v) is 17.2. The van der Waals surface area contributed by atoms with Crippen molar-refractivity contribution in [2.24, 2.45) is 5.92 Å². The van der Waals surface area contributed by atoms with E-state index in [1.165, 1.54) is 0 Å². The van der Waals surface area contributed by atoms with Crippen LogP contribution in [0.25, 0.3) is 0 Å². The van der Waals surface area contributed by atoms with E-state index in [1.54, 1.807) is 14.2 Å². The molecule has 0 spiro atoms. The first-order valence-electron chi connectivity index (χ1n) is 7.93. The van der Waals surface area contributed by atoms with E-state index in [9.17, 15) is 0 Å². The van der Waals surface area contributed by atoms with Gasteiger partial charge in [0.25, 0.3) is 0 Å². The second-order valence-corrected chi connectivity index (χ2v) is 6.51. The predicted octanol–water partition coefficient (Wildman–Crippen LogP) is 4.19. The van der Waals surface area contributed by atoms with Gasteiger partial charge in [-0.25, -0.2) is 0 Å². The molecule has 2 rings (SSSR count). The minimum atomic E-state index is 0. The van der Waals surface area contributed by atoms with Crippen molar-refractivity contribution in [3.05, 3.63) is 22.7 Å². The minimum Gasteiger partial charge on any atom is -0.493 e. The number of rotatable bonds is 6. The van der Waals surface area contributed by atoms with Gasteiger partial charge in [0, 0.05) is 32.2 Å². The van der Waals surface area contributed by atoms with Crippen molar-refractivity contribution in [3.8, 4) is 11.5 Å². The Labute approximate surface area is 163 Å². The fourth-order valence-electron chi connectivity index (χ4n) is 3.07. The van der Waals surface area contributed by atoms with Gasteiger partial charge in [-0.2, -0.15) is 0 Å². The number of piperazine rings is 1. The molecular weight excluding hydrogens is 371 g/mol. The second-order valence-electron chi connectivity index (χ2n) is 6.14. The van der Waals surface area contributed by atoms with Gasteiger partial charge in [0.1, 0.15) is 0 Å². The Balaban J connectivity index is 0.00000264. The summed E-state index contributed by atoms with van der Waals surface area (Å²) in [6.45, 7) is 8.65. The van der Waals surface area contributed by atoms with Gasteiger partial charge in [-0.1, -0.05) is 31.5 Å². The molecule has 1 aliphatic rings. The normalized spacial score (nSPS) is 16.1. The number of halogens is 3. The average molecular weight is 400 g/mol. The third-order valence-electron chi connectivity index (χ3n) is 4.16. The Morgan fingerprint density at radius 1 is 1.12 bits per heavy atom. The Morgan fingerprint density at radius 3 is 2.25 bits per heavy atom. The van der Waals surface area contributed by atoms with Crippen molar-refractivity contribution >= 4 is 36.4 Å². The summed E-state index contributed by atoms with van der Waals surface area (Å²) < 4.78 is 10.8. The van der Waals surface area contributed by atoms with Crippen LogP contribution in [0, 0.1) is 5.92 Å². The summed E-state index contributed by atoms with van der Waals surface area (Å²) in [6, 6.07) is 4.35. The zero-order chi connectivity index (χ0) is 16.1. The molecule has 0 aromatic heterocycles. The number of methoxy groups -OCH3 is 2. The first kappa shape index (κ1) is 23.6. The van der Waals surface area contributed by atoms with Crippen LogP contribution in [0.1, 0.15) is 31.9 Å². The smallest absolute Gasteiger partial charge is 0.179 e. The highest BCUT2D eigenvalue weighted by atomic mass is 35.5. The molecule has 4 nitrogen and oxygen atoms in total. The largest absolute Gasteiger partial charge is 0.493 e. The summed E-state index contributed by atoms with van der Waals surface area (Å²) >= 11 is 6.64. The molecule has 1 aliphatic heterocycles. The summed E-state index contributed by atoms with van der Waals surface area (Å²) in [5.74, 6) is 1.91. The van der Waals surface area contributed by atoms with Crippen LogP contribution in [0.2, 0.25) is 5.02 Å². The standard InChI is InChI=1S/C17H27ClN2O2.2ClH/c1-12(2)11-14(20-9-7-19-8-10-20)13-5-6-15(21-3)17(22-4)16(13)18;;/h5-6,12,14,19H,7-11H2,1-4H3;2*1H/t14-;;/m1../s1. The third-order valence-corrected chi connectivity index (χ3v) is 4.55. The van der Waals surface area contributed by atoms with Crippen LogP contribution in [0.15, 0.2) is 12.1 Å². The van der Waals surface area contributed by atoms with E-state index < -0.39 is 0 Å². The molecule has 0 aliphatic carbocycles. The van der Waals surface area contributed by atoms with Crippen molar-refractivity contribution in [1.29, 1.82) is 0 Å². The molecule has 0 radical (unpaired) electrons. The van der Waals surface area contributed by atoms with Crippen LogP contribution in [0.5, 0.6) is 11.5 Å². The lowest BCUT2D eigenvalue weighted by atomic mass is 9.94. The van der Waals surface area contributed by atoms with Crippen LogP contribution in [0.3, 0.4) is 0 Å². The lowest BCUT2D eigenvalue weighted by Crippen LogP contribution is -2.45. The molecule has 0 amide bonds. The van der Waals surface area contributed by atoms with Crippen LogP contribution in [0.4, 0.5) is 0 Å². The molecule has 1 aromatic carbocycles. The maximum atomic E-state index is 6.64. The average Bonchev–Trinajstić information content (AvgIpc) is 2.53. The maximum absolute atomic E-state index is 6.64. The molecule has 0 bridgehead atoms. The monoisotopic (exact) mass is 398 g/mol. The molecule has 1 saturated heterocycles. The topological polar surface area (TPSA) is 33.7 Å². The predicted molar refractivity (Wildman–Crippen MR) is 106 cm³/mol. The van der Waals surface area contributed by atoms with Gasteiger partial charge < -0.3 is 14.8 Å². The molecule has 1 fully saturated rings. The van der Waals surface area contributed by atoms with Gasteiger partial charge in [0.05, 0.1) is 19.2 Å². The molecule has 1 heterocycles. The van der Waals surface area contributed by atoms with Crippen molar-refractivity contribution in [1.82, 2.24) is 10.2 Å². The Morgan fingerprint density at radius 2 is 1.75 bits per heavy atom. The third kappa shape index (κ3) is 5.57. The van der Waals surface area contributed by atoms with Gasteiger partial charge in [-0.15, -0.1) is 24.8 Å². The second kappa shape index (κ2) is 11.3. The van der Waals surface area contributed by atoms with E-state index in [0.29, 0.717) is 28.5 Å². The molecular formula is C17H29Cl3N2O2. The fourth-order valence-corrected chi connectivity index (χ4v) is 3.43. The van der Waals surface area contributed by atoms with Crippen molar-refractivity contribution in [2.75, 3.05) is 40.4 Å². The van der Waals surface area contributed by atoms with Crippen LogP contribution in [-0.4, -0.2) is 45.3 Å². The SMILES string of the molecule is COc1ccc([C@@H](CC(C)C)N2CCNCC2)c(Cl)c1OC.Cl.Cl. The lowest BCUT2D eigenvalue weighted by molar-refractivity contribution is 0.154. The summed E-state index contributed by atoms with van der Waals surface area (Å²) in [5, 5.41) is 4.08. The maximum Gasteiger partial charge on any atom is 0.179 e. The molecule has 1 aromatic rings. The number of nitrogens with one attached hydrogen (secondary N) is 1. The Bertz CT molecular complexity index is 495. The van der Waals surface area contributed by atoms with E-state index in [2.05, 4.69) is 30.1 Å². The summed E-state index contributed by atoms with van der Waals surface area (Å²) in [7, 11) is 3.27. The molecule has 1 N–H and O–H groups in total. The van der Waals surface area contributed by atoms with Crippen LogP contribution in [-0.2, 0) is 0 Å². The Kier molecular flexibility index (Phi) is 11.1. The summed E-state index contributed by atoms with van der Waals surface area (Å²) in [4.78, 5) is 2.52. The van der Waals surface area contributed by atoms with Gasteiger partial charge in [-0.3, -0.25) is 4.90 Å². The number of hydrogen-bond donors (Lipinski definition) is 1. The molecule has 1 atom stereocenters. The summed E-state index contributed by atoms with van der Waals surface area (Å²) in [6.07, 6.45) is 1.08. The highest BCUT2D eigenvalue weighted by molar-refractivity contribution is 6.33. The first-order valence-corrected chi connectivity index (χ1v) is 8.31. The summed E-state index contributed by atoms with van der Waals surface area (Å²) in [5.41, 5.74) is 1.13. The van der Waals surface area contributed by atoms with Gasteiger partial charge in [0.15, 0.2) is 11.5 Å². The highest BCUT2D eigenvalue weighted by Gasteiger charge is 2.27. The molecule has 7 heteroatoms. The van der Waals surface area contributed by atoms with Gasteiger partial charge >= 0.3 is 0 Å². The van der Waals surface area contributed by atoms with Crippen LogP contribution < -0.4 is 14.8 Å². The van der Waals surface area contributed by atoms with E-state index in [0.717, 1.165) is 38.2 Å². The van der Waals surface area contributed by atoms with E-state index in [-0.39, 0.29) is 24.8 Å². The Hall–Kier alpha value is -0.390. The molecule has 0 saturated carbocycles. The van der Waals surface area contributed by atoms with Crippen molar-refractivity contribution in [3.63, 3.8) is 0 Å². The molecule has 24 heavy (non-hydrogen) atoms. The lowest BCUT2D eigenvalue weighted by Gasteiger charge is -2.36.